The first-order chi connectivity index (χ1) is 12.3. The number of aromatic nitrogens is 1. The number of aliphatic hydroxyl groups is 1. The Labute approximate surface area is 158 Å². The number of nitrogens with zero attached hydrogens (tertiary/aromatic N) is 2. The fourth-order valence-electron chi connectivity index (χ4n) is 2.86. The van der Waals surface area contributed by atoms with Crippen molar-refractivity contribution >= 4 is 29.8 Å². The Balaban J connectivity index is 2.04. The largest absolute Gasteiger partial charge is 0.392 e. The first-order valence-electron chi connectivity index (χ1n) is 8.41. The van der Waals surface area contributed by atoms with Gasteiger partial charge in [0.2, 0.25) is 0 Å². The molecule has 2 heterocycles. The van der Waals surface area contributed by atoms with Gasteiger partial charge in [0, 0.05) is 30.9 Å². The molecule has 0 saturated heterocycles. The van der Waals surface area contributed by atoms with Crippen LogP contribution in [0.25, 0.3) is 11.4 Å². The van der Waals surface area contributed by atoms with E-state index in [1.54, 1.807) is 25.3 Å². The molecule has 0 saturated carbocycles. The molecule has 0 fully saturated rings. The molecule has 0 aliphatic carbocycles. The molecule has 0 bridgehead atoms. The number of pyridine rings is 1. The first kappa shape index (κ1) is 18.5. The van der Waals surface area contributed by atoms with E-state index in [4.69, 9.17) is 12.6 Å². The Hall–Kier alpha value is -2.25. The molecule has 2 unspecified atom stereocenters. The maximum absolute atomic E-state index is 13.3. The zero-order valence-electron chi connectivity index (χ0n) is 15.0. The zero-order chi connectivity index (χ0) is 18.9. The van der Waals surface area contributed by atoms with E-state index >= 15 is 0 Å². The molecular formula is C19H23FN4OS. The van der Waals surface area contributed by atoms with Crippen molar-refractivity contribution in [1.29, 1.82) is 0 Å². The van der Waals surface area contributed by atoms with Crippen molar-refractivity contribution < 1.29 is 9.50 Å². The van der Waals surface area contributed by atoms with Gasteiger partial charge in [-0.15, -0.1) is 12.6 Å². The van der Waals surface area contributed by atoms with E-state index in [0.29, 0.717) is 12.4 Å². The van der Waals surface area contributed by atoms with Gasteiger partial charge >= 0.3 is 0 Å². The molecule has 0 amide bonds. The van der Waals surface area contributed by atoms with Gasteiger partial charge in [0.1, 0.15) is 11.6 Å². The third kappa shape index (κ3) is 3.78. The van der Waals surface area contributed by atoms with Gasteiger partial charge in [0.25, 0.3) is 0 Å². The minimum absolute atomic E-state index is 0.274. The van der Waals surface area contributed by atoms with Crippen molar-refractivity contribution in [3.05, 3.63) is 59.5 Å². The van der Waals surface area contributed by atoms with Crippen molar-refractivity contribution in [2.45, 2.75) is 24.9 Å². The van der Waals surface area contributed by atoms with Gasteiger partial charge in [0.15, 0.2) is 4.99 Å². The molecule has 3 N–H and O–H groups in total. The average Bonchev–Trinajstić information content (AvgIpc) is 2.84. The fourth-order valence-corrected chi connectivity index (χ4v) is 3.07. The van der Waals surface area contributed by atoms with Crippen LogP contribution in [0.5, 0.6) is 0 Å². The minimum atomic E-state index is -0.588. The Morgan fingerprint density at radius 3 is 2.65 bits per heavy atom. The lowest BCUT2D eigenvalue weighted by Crippen LogP contribution is -2.42. The van der Waals surface area contributed by atoms with Crippen LogP contribution in [-0.2, 0) is 0 Å². The number of aliphatic hydroxyl groups excluding tert-OH is 1. The summed E-state index contributed by atoms with van der Waals surface area (Å²) in [5.41, 5.74) is 3.64. The monoisotopic (exact) mass is 374 g/mol. The van der Waals surface area contributed by atoms with E-state index in [9.17, 15) is 9.50 Å². The van der Waals surface area contributed by atoms with Crippen LogP contribution in [-0.4, -0.2) is 39.7 Å². The molecule has 1 aromatic heterocycles. The predicted octanol–water partition coefficient (Wildman–Crippen LogP) is 2.98. The van der Waals surface area contributed by atoms with Gasteiger partial charge in [-0.25, -0.2) is 9.37 Å². The molecule has 1 aliphatic rings. The number of thiol groups is 1. The third-order valence-corrected chi connectivity index (χ3v) is 4.74. The summed E-state index contributed by atoms with van der Waals surface area (Å²) in [5, 5.41) is 16.0. The van der Waals surface area contributed by atoms with E-state index in [1.807, 2.05) is 31.0 Å². The standard InChI is InChI=1S/C19H23FN4OS/c1-12(25)11-22-16-10-14(8-9-21-16)18-17(23-19(2,26)24(18)3)13-4-6-15(20)7-5-13/h4-10,12,23,25-26H,11H2,1-3H3,(H,21,22). The second kappa shape index (κ2) is 7.17. The van der Waals surface area contributed by atoms with E-state index in [1.165, 1.54) is 12.1 Å². The van der Waals surface area contributed by atoms with Crippen LogP contribution < -0.4 is 10.6 Å². The van der Waals surface area contributed by atoms with E-state index in [0.717, 1.165) is 22.5 Å². The normalized spacial score (nSPS) is 20.9. The molecule has 3 rings (SSSR count). The summed E-state index contributed by atoms with van der Waals surface area (Å²) in [6.07, 6.45) is 1.25. The van der Waals surface area contributed by atoms with Gasteiger partial charge in [-0.1, -0.05) is 0 Å². The van der Waals surface area contributed by atoms with Crippen molar-refractivity contribution in [3.8, 4) is 0 Å². The summed E-state index contributed by atoms with van der Waals surface area (Å²) in [7, 11) is 1.95. The highest BCUT2D eigenvalue weighted by Crippen LogP contribution is 2.39. The maximum atomic E-state index is 13.3. The SMILES string of the molecule is CC(O)CNc1cc(C2=C(c3ccc(F)cc3)NC(C)(S)N2C)ccn1. The van der Waals surface area contributed by atoms with E-state index < -0.39 is 11.1 Å². The van der Waals surface area contributed by atoms with Gasteiger partial charge in [0.05, 0.1) is 17.5 Å². The highest BCUT2D eigenvalue weighted by Gasteiger charge is 2.37. The number of halogens is 1. The molecule has 2 atom stereocenters. The van der Waals surface area contributed by atoms with Crippen molar-refractivity contribution in [1.82, 2.24) is 15.2 Å². The number of anilines is 1. The van der Waals surface area contributed by atoms with Crippen LogP contribution >= 0.6 is 12.6 Å². The number of hydrogen-bond acceptors (Lipinski definition) is 6. The summed E-state index contributed by atoms with van der Waals surface area (Å²) < 4.78 is 13.3. The lowest BCUT2D eigenvalue weighted by molar-refractivity contribution is 0.208. The Kier molecular flexibility index (Phi) is 5.11. The number of benzene rings is 1. The highest BCUT2D eigenvalue weighted by molar-refractivity contribution is 7.81. The van der Waals surface area contributed by atoms with Crippen molar-refractivity contribution in [3.63, 3.8) is 0 Å². The molecule has 0 radical (unpaired) electrons. The molecule has 1 aromatic carbocycles. The smallest absolute Gasteiger partial charge is 0.153 e. The zero-order valence-corrected chi connectivity index (χ0v) is 15.9. The number of hydrogen-bond donors (Lipinski definition) is 4. The number of nitrogens with one attached hydrogen (secondary N) is 2. The summed E-state index contributed by atoms with van der Waals surface area (Å²) in [6, 6.07) is 10.2. The topological polar surface area (TPSA) is 60.4 Å². The Morgan fingerprint density at radius 1 is 1.31 bits per heavy atom. The molecule has 1 aliphatic heterocycles. The third-order valence-electron chi connectivity index (χ3n) is 4.33. The van der Waals surface area contributed by atoms with Crippen LogP contribution in [0.15, 0.2) is 42.6 Å². The van der Waals surface area contributed by atoms with Gasteiger partial charge in [-0.3, -0.25) is 0 Å². The summed E-state index contributed by atoms with van der Waals surface area (Å²) >= 11 is 4.71. The summed E-state index contributed by atoms with van der Waals surface area (Å²) in [4.78, 5) is 5.74. The molecule has 2 aromatic rings. The molecule has 0 spiro atoms. The second-order valence-corrected chi connectivity index (χ2v) is 7.47. The maximum Gasteiger partial charge on any atom is 0.153 e. The molecule has 5 nitrogen and oxygen atoms in total. The second-order valence-electron chi connectivity index (χ2n) is 6.60. The summed E-state index contributed by atoms with van der Waals surface area (Å²) in [6.45, 7) is 4.09. The Bertz CT molecular complexity index is 821. The van der Waals surface area contributed by atoms with Gasteiger partial charge in [-0.05, 0) is 50.2 Å². The van der Waals surface area contributed by atoms with Crippen molar-refractivity contribution in [2.75, 3.05) is 18.9 Å². The van der Waals surface area contributed by atoms with E-state index in [-0.39, 0.29) is 5.82 Å². The van der Waals surface area contributed by atoms with E-state index in [2.05, 4.69) is 15.6 Å². The molecule has 138 valence electrons. The molecule has 26 heavy (non-hydrogen) atoms. The summed E-state index contributed by atoms with van der Waals surface area (Å²) in [5.74, 6) is 0.403. The lowest BCUT2D eigenvalue weighted by atomic mass is 10.1. The van der Waals surface area contributed by atoms with Crippen LogP contribution in [0.2, 0.25) is 0 Å². The van der Waals surface area contributed by atoms with Crippen LogP contribution in [0, 0.1) is 5.82 Å². The van der Waals surface area contributed by atoms with Crippen molar-refractivity contribution in [2.24, 2.45) is 0 Å². The number of rotatable bonds is 5. The minimum Gasteiger partial charge on any atom is -0.392 e. The average molecular weight is 374 g/mol. The highest BCUT2D eigenvalue weighted by atomic mass is 32.1. The molecule has 7 heteroatoms. The fraction of sp³-hybridized carbons (Fsp3) is 0.316. The first-order valence-corrected chi connectivity index (χ1v) is 8.85. The quantitative estimate of drug-likeness (QED) is 0.606. The van der Waals surface area contributed by atoms with Crippen LogP contribution in [0.4, 0.5) is 10.2 Å². The van der Waals surface area contributed by atoms with Crippen LogP contribution in [0.3, 0.4) is 0 Å². The van der Waals surface area contributed by atoms with Crippen LogP contribution in [0.1, 0.15) is 25.0 Å². The lowest BCUT2D eigenvalue weighted by Gasteiger charge is -2.31. The predicted molar refractivity (Wildman–Crippen MR) is 106 cm³/mol. The molecular weight excluding hydrogens is 351 g/mol. The Morgan fingerprint density at radius 2 is 2.00 bits per heavy atom. The van der Waals surface area contributed by atoms with Gasteiger partial charge < -0.3 is 20.6 Å². The van der Waals surface area contributed by atoms with Gasteiger partial charge in [-0.2, -0.15) is 0 Å².